The number of hydrogen-bond donors (Lipinski definition) is 0. The molecule has 0 aliphatic heterocycles. The molecule has 0 fully saturated rings. The topological polar surface area (TPSA) is 29.5 Å². The second-order valence-electron chi connectivity index (χ2n) is 4.04. The zero-order chi connectivity index (χ0) is 12.8. The van der Waals surface area contributed by atoms with Crippen LogP contribution in [0.2, 0.25) is 0 Å². The Balaban J connectivity index is 2.69. The number of para-hydroxylation sites is 1. The number of nitrogens with zero attached hydrogens (tertiary/aromatic N) is 1. The molecule has 0 N–H and O–H groups in total. The van der Waals surface area contributed by atoms with Crippen molar-refractivity contribution in [1.29, 1.82) is 0 Å². The first-order chi connectivity index (χ1) is 8.10. The highest BCUT2D eigenvalue weighted by molar-refractivity contribution is 5.80. The van der Waals surface area contributed by atoms with Crippen LogP contribution in [0.4, 0.5) is 0 Å². The normalized spacial score (nSPS) is 12.0. The molecular weight excluding hydrogens is 214 g/mol. The monoisotopic (exact) mass is 235 g/mol. The van der Waals surface area contributed by atoms with Crippen molar-refractivity contribution in [3.63, 3.8) is 0 Å². The number of amides is 1. The maximum Gasteiger partial charge on any atom is 0.263 e. The van der Waals surface area contributed by atoms with E-state index in [4.69, 9.17) is 4.74 Å². The summed E-state index contributed by atoms with van der Waals surface area (Å²) in [5, 5.41) is 0. The average Bonchev–Trinajstić information content (AvgIpc) is 2.33. The third-order valence-corrected chi connectivity index (χ3v) is 2.82. The van der Waals surface area contributed by atoms with E-state index in [9.17, 15) is 4.79 Å². The largest absolute Gasteiger partial charge is 0.481 e. The third kappa shape index (κ3) is 3.48. The molecule has 17 heavy (non-hydrogen) atoms. The van der Waals surface area contributed by atoms with Crippen molar-refractivity contribution in [1.82, 2.24) is 4.90 Å². The molecule has 0 aliphatic carbocycles. The predicted molar refractivity (Wildman–Crippen MR) is 69.2 cm³/mol. The van der Waals surface area contributed by atoms with E-state index in [1.807, 2.05) is 45.0 Å². The van der Waals surface area contributed by atoms with E-state index < -0.39 is 6.10 Å². The first kappa shape index (κ1) is 13.6. The van der Waals surface area contributed by atoms with E-state index in [0.29, 0.717) is 0 Å². The van der Waals surface area contributed by atoms with Gasteiger partial charge in [-0.05, 0) is 39.3 Å². The molecule has 0 bridgehead atoms. The van der Waals surface area contributed by atoms with Gasteiger partial charge in [-0.1, -0.05) is 18.2 Å². The molecule has 1 rings (SSSR count). The molecule has 94 valence electrons. The van der Waals surface area contributed by atoms with Gasteiger partial charge < -0.3 is 9.64 Å². The molecule has 0 aromatic heterocycles. The van der Waals surface area contributed by atoms with Gasteiger partial charge in [-0.3, -0.25) is 4.79 Å². The van der Waals surface area contributed by atoms with E-state index in [0.717, 1.165) is 24.4 Å². The van der Waals surface area contributed by atoms with Gasteiger partial charge in [0.05, 0.1) is 0 Å². The number of carbonyl (C=O) groups is 1. The van der Waals surface area contributed by atoms with Crippen LogP contribution in [0.25, 0.3) is 0 Å². The number of hydrogen-bond acceptors (Lipinski definition) is 2. The lowest BCUT2D eigenvalue weighted by Crippen LogP contribution is -2.40. The van der Waals surface area contributed by atoms with Crippen LogP contribution in [-0.2, 0) is 4.79 Å². The van der Waals surface area contributed by atoms with Gasteiger partial charge in [-0.15, -0.1) is 0 Å². The molecule has 0 heterocycles. The van der Waals surface area contributed by atoms with Crippen molar-refractivity contribution in [2.45, 2.75) is 33.8 Å². The fourth-order valence-electron chi connectivity index (χ4n) is 1.72. The molecule has 3 heteroatoms. The Morgan fingerprint density at radius 1 is 1.29 bits per heavy atom. The van der Waals surface area contributed by atoms with Crippen molar-refractivity contribution in [2.24, 2.45) is 0 Å². The fourth-order valence-corrected chi connectivity index (χ4v) is 1.72. The Morgan fingerprint density at radius 2 is 1.88 bits per heavy atom. The summed E-state index contributed by atoms with van der Waals surface area (Å²) in [4.78, 5) is 13.8. The van der Waals surface area contributed by atoms with Crippen LogP contribution in [0.3, 0.4) is 0 Å². The SMILES string of the molecule is CCN(CC)C(=O)[C@H](C)Oc1ccccc1C. The minimum Gasteiger partial charge on any atom is -0.481 e. The molecule has 0 saturated heterocycles. The second kappa shape index (κ2) is 6.28. The summed E-state index contributed by atoms with van der Waals surface area (Å²) < 4.78 is 5.70. The molecule has 0 aliphatic rings. The number of benzene rings is 1. The lowest BCUT2D eigenvalue weighted by Gasteiger charge is -2.23. The molecule has 0 unspecified atom stereocenters. The standard InChI is InChI=1S/C14H21NO2/c1-5-15(6-2)14(16)12(4)17-13-10-8-7-9-11(13)3/h7-10,12H,5-6H2,1-4H3/t12-/m0/s1. The van der Waals surface area contributed by atoms with Crippen LogP contribution in [0, 0.1) is 6.92 Å². The Morgan fingerprint density at radius 3 is 2.41 bits per heavy atom. The summed E-state index contributed by atoms with van der Waals surface area (Å²) in [5.74, 6) is 0.818. The minimum absolute atomic E-state index is 0.0400. The van der Waals surface area contributed by atoms with Gasteiger partial charge in [0, 0.05) is 13.1 Å². The number of carbonyl (C=O) groups excluding carboxylic acids is 1. The molecule has 3 nitrogen and oxygen atoms in total. The Labute approximate surface area is 103 Å². The maximum absolute atomic E-state index is 12.0. The van der Waals surface area contributed by atoms with Gasteiger partial charge in [-0.2, -0.15) is 0 Å². The number of aryl methyl sites for hydroxylation is 1. The first-order valence-electron chi connectivity index (χ1n) is 6.11. The molecule has 1 atom stereocenters. The van der Waals surface area contributed by atoms with Gasteiger partial charge in [0.1, 0.15) is 5.75 Å². The van der Waals surface area contributed by atoms with Crippen molar-refractivity contribution < 1.29 is 9.53 Å². The van der Waals surface area contributed by atoms with Crippen molar-refractivity contribution >= 4 is 5.91 Å². The highest BCUT2D eigenvalue weighted by Gasteiger charge is 2.19. The molecular formula is C14H21NO2. The van der Waals surface area contributed by atoms with Crippen LogP contribution < -0.4 is 4.74 Å². The summed E-state index contributed by atoms with van der Waals surface area (Å²) in [6.45, 7) is 9.16. The minimum atomic E-state index is -0.434. The van der Waals surface area contributed by atoms with Gasteiger partial charge in [0.15, 0.2) is 6.10 Å². The van der Waals surface area contributed by atoms with Crippen LogP contribution in [0.1, 0.15) is 26.3 Å². The fraction of sp³-hybridized carbons (Fsp3) is 0.500. The number of likely N-dealkylation sites (N-methyl/N-ethyl adjacent to an activating group) is 1. The number of ether oxygens (including phenoxy) is 1. The number of rotatable bonds is 5. The van der Waals surface area contributed by atoms with Crippen LogP contribution >= 0.6 is 0 Å². The summed E-state index contributed by atoms with van der Waals surface area (Å²) in [7, 11) is 0. The van der Waals surface area contributed by atoms with E-state index in [1.165, 1.54) is 0 Å². The Bertz CT molecular complexity index is 372. The zero-order valence-electron chi connectivity index (χ0n) is 11.1. The molecule has 1 aromatic rings. The average molecular weight is 235 g/mol. The molecule has 1 amide bonds. The van der Waals surface area contributed by atoms with Crippen LogP contribution in [-0.4, -0.2) is 30.0 Å². The lowest BCUT2D eigenvalue weighted by atomic mass is 10.2. The lowest BCUT2D eigenvalue weighted by molar-refractivity contribution is -0.137. The highest BCUT2D eigenvalue weighted by Crippen LogP contribution is 2.18. The van der Waals surface area contributed by atoms with Gasteiger partial charge in [0.25, 0.3) is 5.91 Å². The predicted octanol–water partition coefficient (Wildman–Crippen LogP) is 2.63. The van der Waals surface area contributed by atoms with Crippen LogP contribution in [0.5, 0.6) is 5.75 Å². The Kier molecular flexibility index (Phi) is 5.01. The zero-order valence-corrected chi connectivity index (χ0v) is 11.1. The molecule has 0 saturated carbocycles. The van der Waals surface area contributed by atoms with Gasteiger partial charge in [-0.25, -0.2) is 0 Å². The van der Waals surface area contributed by atoms with E-state index in [2.05, 4.69) is 0 Å². The summed E-state index contributed by atoms with van der Waals surface area (Å²) >= 11 is 0. The quantitative estimate of drug-likeness (QED) is 0.785. The second-order valence-corrected chi connectivity index (χ2v) is 4.04. The van der Waals surface area contributed by atoms with Gasteiger partial charge >= 0.3 is 0 Å². The summed E-state index contributed by atoms with van der Waals surface area (Å²) in [5.41, 5.74) is 1.05. The maximum atomic E-state index is 12.0. The molecule has 0 radical (unpaired) electrons. The summed E-state index contributed by atoms with van der Waals surface area (Å²) in [6, 6.07) is 7.74. The molecule has 1 aromatic carbocycles. The van der Waals surface area contributed by atoms with Crippen molar-refractivity contribution in [2.75, 3.05) is 13.1 Å². The van der Waals surface area contributed by atoms with Crippen LogP contribution in [0.15, 0.2) is 24.3 Å². The van der Waals surface area contributed by atoms with E-state index in [1.54, 1.807) is 11.8 Å². The Hall–Kier alpha value is -1.51. The third-order valence-electron chi connectivity index (χ3n) is 2.82. The van der Waals surface area contributed by atoms with E-state index >= 15 is 0 Å². The highest BCUT2D eigenvalue weighted by atomic mass is 16.5. The van der Waals surface area contributed by atoms with Crippen molar-refractivity contribution in [3.8, 4) is 5.75 Å². The first-order valence-corrected chi connectivity index (χ1v) is 6.11. The van der Waals surface area contributed by atoms with Crippen molar-refractivity contribution in [3.05, 3.63) is 29.8 Å². The van der Waals surface area contributed by atoms with E-state index in [-0.39, 0.29) is 5.91 Å². The smallest absolute Gasteiger partial charge is 0.263 e. The summed E-state index contributed by atoms with van der Waals surface area (Å²) in [6.07, 6.45) is -0.434. The van der Waals surface area contributed by atoms with Gasteiger partial charge in [0.2, 0.25) is 0 Å². The molecule has 0 spiro atoms.